The van der Waals surface area contributed by atoms with Gasteiger partial charge in [-0.2, -0.15) is 0 Å². The molecule has 1 amide bonds. The van der Waals surface area contributed by atoms with E-state index in [1.165, 1.54) is 15.3 Å². The summed E-state index contributed by atoms with van der Waals surface area (Å²) in [4.78, 5) is 17.3. The molecule has 0 aliphatic carbocycles. The lowest BCUT2D eigenvalue weighted by Crippen LogP contribution is -2.32. The van der Waals surface area contributed by atoms with Crippen LogP contribution < -0.4 is 0 Å². The van der Waals surface area contributed by atoms with Crippen molar-refractivity contribution in [1.29, 1.82) is 0 Å². The maximum absolute atomic E-state index is 12.8. The maximum atomic E-state index is 12.8. The third-order valence-corrected chi connectivity index (χ3v) is 5.73. The van der Waals surface area contributed by atoms with Gasteiger partial charge in [0, 0.05) is 43.2 Å². The predicted octanol–water partition coefficient (Wildman–Crippen LogP) is 3.37. The quantitative estimate of drug-likeness (QED) is 0.787. The lowest BCUT2D eigenvalue weighted by atomic mass is 10.1. The molecule has 0 unspecified atom stereocenters. The lowest BCUT2D eigenvalue weighted by Gasteiger charge is -2.21. The molecule has 3 rings (SSSR count). The molecule has 2 aromatic heterocycles. The topological polar surface area (TPSA) is 68.5 Å². The molecule has 0 saturated carbocycles. The Hall–Kier alpha value is -1.73. The molecular weight excluding hydrogens is 338 g/mol. The van der Waals surface area contributed by atoms with E-state index in [1.807, 2.05) is 16.2 Å². The molecule has 0 bridgehead atoms. The van der Waals surface area contributed by atoms with Crippen LogP contribution in [0.4, 0.5) is 0 Å². The number of aryl methyl sites for hydroxylation is 4. The van der Waals surface area contributed by atoms with Crippen molar-refractivity contribution in [2.24, 2.45) is 0 Å². The summed E-state index contributed by atoms with van der Waals surface area (Å²) in [7, 11) is 1.68. The van der Waals surface area contributed by atoms with Crippen molar-refractivity contribution >= 4 is 17.2 Å². The SMILES string of the molecule is CO[C@@H]1C[C@H](c2nnc(C)o2)N(C(=O)CCCc2cc(C)sc2C)C1. The molecule has 0 N–H and O–H groups in total. The largest absolute Gasteiger partial charge is 0.423 e. The Bertz CT molecular complexity index is 740. The summed E-state index contributed by atoms with van der Waals surface area (Å²) in [5.41, 5.74) is 1.36. The average Bonchev–Trinajstić information content (AvgIpc) is 3.26. The van der Waals surface area contributed by atoms with Crippen LogP contribution in [-0.4, -0.2) is 40.8 Å². The van der Waals surface area contributed by atoms with Crippen LogP contribution in [0, 0.1) is 20.8 Å². The van der Waals surface area contributed by atoms with Crippen LogP contribution in [0.15, 0.2) is 10.5 Å². The van der Waals surface area contributed by atoms with Crippen molar-refractivity contribution in [2.45, 2.75) is 58.6 Å². The molecule has 0 aromatic carbocycles. The minimum absolute atomic E-state index is 0.0166. The zero-order valence-electron chi connectivity index (χ0n) is 15.2. The molecule has 1 aliphatic rings. The summed E-state index contributed by atoms with van der Waals surface area (Å²) < 4.78 is 11.0. The summed E-state index contributed by atoms with van der Waals surface area (Å²) in [6.45, 7) is 6.61. The van der Waals surface area contributed by atoms with Gasteiger partial charge in [0.1, 0.15) is 6.04 Å². The number of carbonyl (C=O) groups is 1. The number of hydrogen-bond donors (Lipinski definition) is 0. The van der Waals surface area contributed by atoms with Crippen molar-refractivity contribution in [3.63, 3.8) is 0 Å². The van der Waals surface area contributed by atoms with Crippen LogP contribution in [0.2, 0.25) is 0 Å². The van der Waals surface area contributed by atoms with Crippen LogP contribution in [0.25, 0.3) is 0 Å². The van der Waals surface area contributed by atoms with Crippen LogP contribution in [0.5, 0.6) is 0 Å². The van der Waals surface area contributed by atoms with Gasteiger partial charge in [0.2, 0.25) is 17.7 Å². The Balaban J connectivity index is 1.61. The maximum Gasteiger partial charge on any atom is 0.239 e. The number of thiophene rings is 1. The summed E-state index contributed by atoms with van der Waals surface area (Å²) in [5, 5.41) is 8.00. The van der Waals surface area contributed by atoms with Crippen molar-refractivity contribution < 1.29 is 13.9 Å². The van der Waals surface area contributed by atoms with Gasteiger partial charge in [-0.1, -0.05) is 0 Å². The highest BCUT2D eigenvalue weighted by molar-refractivity contribution is 7.12. The predicted molar refractivity (Wildman–Crippen MR) is 95.6 cm³/mol. The molecule has 1 fully saturated rings. The third kappa shape index (κ3) is 4.10. The number of nitrogens with zero attached hydrogens (tertiary/aromatic N) is 3. The van der Waals surface area contributed by atoms with E-state index in [1.54, 1.807) is 14.0 Å². The fraction of sp³-hybridized carbons (Fsp3) is 0.611. The monoisotopic (exact) mass is 363 g/mol. The molecule has 6 nitrogen and oxygen atoms in total. The number of ether oxygens (including phenoxy) is 1. The van der Waals surface area contributed by atoms with E-state index in [-0.39, 0.29) is 18.1 Å². The van der Waals surface area contributed by atoms with Gasteiger partial charge in [0.25, 0.3) is 0 Å². The van der Waals surface area contributed by atoms with E-state index in [4.69, 9.17) is 9.15 Å². The van der Waals surface area contributed by atoms with E-state index in [9.17, 15) is 4.79 Å². The zero-order valence-corrected chi connectivity index (χ0v) is 16.1. The summed E-state index contributed by atoms with van der Waals surface area (Å²) >= 11 is 1.82. The van der Waals surface area contributed by atoms with E-state index >= 15 is 0 Å². The van der Waals surface area contributed by atoms with Crippen molar-refractivity contribution in [1.82, 2.24) is 15.1 Å². The minimum atomic E-state index is -0.177. The lowest BCUT2D eigenvalue weighted by molar-refractivity contribution is -0.133. The van der Waals surface area contributed by atoms with Gasteiger partial charge in [-0.15, -0.1) is 21.5 Å². The van der Waals surface area contributed by atoms with E-state index in [2.05, 4.69) is 30.1 Å². The Morgan fingerprint density at radius 3 is 2.80 bits per heavy atom. The molecule has 1 aliphatic heterocycles. The van der Waals surface area contributed by atoms with Gasteiger partial charge in [-0.3, -0.25) is 4.79 Å². The molecule has 2 atom stereocenters. The Kier molecular flexibility index (Phi) is 5.54. The minimum Gasteiger partial charge on any atom is -0.423 e. The van der Waals surface area contributed by atoms with Gasteiger partial charge in [0.15, 0.2) is 0 Å². The second kappa shape index (κ2) is 7.66. The zero-order chi connectivity index (χ0) is 18.0. The highest BCUT2D eigenvalue weighted by atomic mass is 32.1. The van der Waals surface area contributed by atoms with Crippen LogP contribution in [-0.2, 0) is 16.0 Å². The van der Waals surface area contributed by atoms with E-state index in [0.29, 0.717) is 31.2 Å². The Morgan fingerprint density at radius 1 is 1.40 bits per heavy atom. The highest BCUT2D eigenvalue weighted by Crippen LogP contribution is 2.33. The van der Waals surface area contributed by atoms with Gasteiger partial charge < -0.3 is 14.1 Å². The Morgan fingerprint density at radius 2 is 2.20 bits per heavy atom. The molecule has 0 spiro atoms. The molecule has 25 heavy (non-hydrogen) atoms. The number of hydrogen-bond acceptors (Lipinski definition) is 6. The first-order valence-electron chi connectivity index (χ1n) is 8.66. The van der Waals surface area contributed by atoms with Crippen molar-refractivity contribution in [3.8, 4) is 0 Å². The van der Waals surface area contributed by atoms with Gasteiger partial charge in [-0.05, 0) is 38.3 Å². The molecular formula is C18H25N3O3S. The fourth-order valence-electron chi connectivity index (χ4n) is 3.43. The van der Waals surface area contributed by atoms with Gasteiger partial charge in [0.05, 0.1) is 6.10 Å². The number of carbonyl (C=O) groups excluding carboxylic acids is 1. The van der Waals surface area contributed by atoms with Gasteiger partial charge >= 0.3 is 0 Å². The molecule has 7 heteroatoms. The number of methoxy groups -OCH3 is 1. The number of aromatic nitrogens is 2. The second-order valence-corrected chi connectivity index (χ2v) is 8.07. The van der Waals surface area contributed by atoms with E-state index < -0.39 is 0 Å². The van der Waals surface area contributed by atoms with Crippen molar-refractivity contribution in [2.75, 3.05) is 13.7 Å². The third-order valence-electron chi connectivity index (χ3n) is 4.72. The smallest absolute Gasteiger partial charge is 0.239 e. The number of amides is 1. The van der Waals surface area contributed by atoms with Crippen LogP contribution >= 0.6 is 11.3 Å². The summed E-state index contributed by atoms with van der Waals surface area (Å²) in [5.74, 6) is 1.16. The number of likely N-dealkylation sites (tertiary alicyclic amines) is 1. The number of rotatable bonds is 6. The molecule has 2 aromatic rings. The Labute approximate surface area is 152 Å². The fourth-order valence-corrected chi connectivity index (χ4v) is 4.41. The first-order valence-corrected chi connectivity index (χ1v) is 9.47. The second-order valence-electron chi connectivity index (χ2n) is 6.61. The normalized spacial score (nSPS) is 20.4. The summed E-state index contributed by atoms with van der Waals surface area (Å²) in [6.07, 6.45) is 3.02. The van der Waals surface area contributed by atoms with Crippen LogP contribution in [0.1, 0.15) is 52.4 Å². The van der Waals surface area contributed by atoms with Crippen molar-refractivity contribution in [3.05, 3.63) is 33.2 Å². The standard InChI is InChI=1S/C18H25N3O3S/c1-11-8-14(12(2)25-11)6-5-7-17(22)21-10-15(23-4)9-16(21)18-20-19-13(3)24-18/h8,15-16H,5-7,9-10H2,1-4H3/t15-,16-/m1/s1. The first-order chi connectivity index (χ1) is 12.0. The molecule has 1 saturated heterocycles. The van der Waals surface area contributed by atoms with Crippen LogP contribution in [0.3, 0.4) is 0 Å². The first kappa shape index (κ1) is 18.1. The molecule has 136 valence electrons. The average molecular weight is 363 g/mol. The van der Waals surface area contributed by atoms with E-state index in [0.717, 1.165) is 12.8 Å². The van der Waals surface area contributed by atoms with Gasteiger partial charge in [-0.25, -0.2) is 0 Å². The molecule has 0 radical (unpaired) electrons. The molecule has 3 heterocycles. The summed E-state index contributed by atoms with van der Waals surface area (Å²) in [6, 6.07) is 2.05. The highest BCUT2D eigenvalue weighted by Gasteiger charge is 2.39.